The highest BCUT2D eigenvalue weighted by Crippen LogP contribution is 1.97. The topological polar surface area (TPSA) is 15.3 Å². The molecule has 0 aliphatic rings. The Balaban J connectivity index is 3.48. The molecule has 0 saturated heterocycles. The van der Waals surface area contributed by atoms with E-state index in [-0.39, 0.29) is 0 Å². The summed E-state index contributed by atoms with van der Waals surface area (Å²) >= 11 is 0. The SMILES string of the molecule is [SiH3]CCCNCCN(CCC[SiH3])CCC[SiH3]. The van der Waals surface area contributed by atoms with Gasteiger partial charge in [-0.15, -0.1) is 0 Å². The summed E-state index contributed by atoms with van der Waals surface area (Å²) in [6.45, 7) is 6.38. The third-order valence-electron chi connectivity index (χ3n) is 2.97. The molecule has 0 atom stereocenters. The fraction of sp³-hybridized carbons (Fsp3) is 1.00. The van der Waals surface area contributed by atoms with Crippen molar-refractivity contribution >= 4 is 30.7 Å². The van der Waals surface area contributed by atoms with Gasteiger partial charge in [-0.05, 0) is 38.9 Å². The summed E-state index contributed by atoms with van der Waals surface area (Å²) in [4.78, 5) is 2.67. The van der Waals surface area contributed by atoms with Crippen molar-refractivity contribution in [3.63, 3.8) is 0 Å². The molecular formula is C11H32N2Si3. The smallest absolute Gasteiger partial charge is 0.0107 e. The fourth-order valence-electron chi connectivity index (χ4n) is 1.76. The molecule has 0 unspecified atom stereocenters. The van der Waals surface area contributed by atoms with E-state index in [0.717, 1.165) is 0 Å². The van der Waals surface area contributed by atoms with Gasteiger partial charge in [0.05, 0.1) is 0 Å². The van der Waals surface area contributed by atoms with Crippen molar-refractivity contribution in [2.24, 2.45) is 0 Å². The third kappa shape index (κ3) is 11.1. The molecule has 0 saturated carbocycles. The fourth-order valence-corrected chi connectivity index (χ4v) is 2.75. The molecule has 2 nitrogen and oxygen atoms in total. The monoisotopic (exact) mass is 276 g/mol. The molecule has 0 rings (SSSR count). The van der Waals surface area contributed by atoms with E-state index in [4.69, 9.17) is 0 Å². The van der Waals surface area contributed by atoms with E-state index in [9.17, 15) is 0 Å². The van der Waals surface area contributed by atoms with Gasteiger partial charge < -0.3 is 10.2 Å². The Morgan fingerprint density at radius 1 is 0.688 bits per heavy atom. The van der Waals surface area contributed by atoms with E-state index in [1.54, 1.807) is 0 Å². The second kappa shape index (κ2) is 13.6. The molecule has 0 bridgehead atoms. The van der Waals surface area contributed by atoms with Gasteiger partial charge in [0.25, 0.3) is 0 Å². The largest absolute Gasteiger partial charge is 0.315 e. The molecule has 0 aliphatic carbocycles. The zero-order valence-electron chi connectivity index (χ0n) is 11.7. The van der Waals surface area contributed by atoms with E-state index in [2.05, 4.69) is 10.2 Å². The van der Waals surface area contributed by atoms with Crippen LogP contribution in [0.15, 0.2) is 0 Å². The van der Waals surface area contributed by atoms with Crippen molar-refractivity contribution in [2.75, 3.05) is 32.7 Å². The lowest BCUT2D eigenvalue weighted by Crippen LogP contribution is -2.34. The minimum Gasteiger partial charge on any atom is -0.315 e. The van der Waals surface area contributed by atoms with Crippen LogP contribution in [0, 0.1) is 0 Å². The van der Waals surface area contributed by atoms with Gasteiger partial charge in [-0.2, -0.15) is 0 Å². The highest BCUT2D eigenvalue weighted by atomic mass is 28.2. The number of hydrogen-bond acceptors (Lipinski definition) is 2. The summed E-state index contributed by atoms with van der Waals surface area (Å²) in [5.41, 5.74) is 0. The van der Waals surface area contributed by atoms with Crippen molar-refractivity contribution in [3.8, 4) is 0 Å². The van der Waals surface area contributed by atoms with Crippen molar-refractivity contribution in [1.29, 1.82) is 0 Å². The van der Waals surface area contributed by atoms with E-state index >= 15 is 0 Å². The molecule has 16 heavy (non-hydrogen) atoms. The number of nitrogens with one attached hydrogen (secondary N) is 1. The minimum absolute atomic E-state index is 1.20. The quantitative estimate of drug-likeness (QED) is 0.341. The van der Waals surface area contributed by atoms with Gasteiger partial charge in [-0.3, -0.25) is 0 Å². The van der Waals surface area contributed by atoms with Crippen LogP contribution in [0.4, 0.5) is 0 Å². The molecule has 0 heterocycles. The van der Waals surface area contributed by atoms with Crippen molar-refractivity contribution in [1.82, 2.24) is 10.2 Å². The predicted octanol–water partition coefficient (Wildman–Crippen LogP) is -1.60. The average molecular weight is 277 g/mol. The molecule has 0 fully saturated rings. The number of nitrogens with zero attached hydrogens (tertiary/aromatic N) is 1. The highest BCUT2D eigenvalue weighted by Gasteiger charge is 2.02. The first-order valence-corrected chi connectivity index (χ1v) is 11.5. The van der Waals surface area contributed by atoms with Gasteiger partial charge in [-0.1, -0.05) is 18.1 Å². The lowest BCUT2D eigenvalue weighted by atomic mass is 10.3. The standard InChI is InChI=1S/C11H32N2Si3/c14-9-1-4-12-5-8-13(6-2-10-15)7-3-11-16/h12H,1-11H2,14-16H3. The third-order valence-corrected chi connectivity index (χ3v) is 5.09. The molecule has 0 aliphatic heterocycles. The molecule has 0 amide bonds. The second-order valence-electron chi connectivity index (χ2n) is 4.65. The Hall–Kier alpha value is 0.571. The molecule has 5 heteroatoms. The molecule has 0 aromatic heterocycles. The summed E-state index contributed by atoms with van der Waals surface area (Å²) in [6, 6.07) is 4.37. The van der Waals surface area contributed by atoms with Gasteiger partial charge in [0.15, 0.2) is 0 Å². The first kappa shape index (κ1) is 16.6. The lowest BCUT2D eigenvalue weighted by Gasteiger charge is -2.22. The van der Waals surface area contributed by atoms with Crippen LogP contribution < -0.4 is 5.32 Å². The van der Waals surface area contributed by atoms with Gasteiger partial charge in [0.2, 0.25) is 0 Å². The van der Waals surface area contributed by atoms with E-state index < -0.39 is 0 Å². The van der Waals surface area contributed by atoms with Crippen LogP contribution in [0.2, 0.25) is 18.1 Å². The lowest BCUT2D eigenvalue weighted by molar-refractivity contribution is 0.274. The zero-order valence-corrected chi connectivity index (χ0v) is 17.7. The van der Waals surface area contributed by atoms with Crippen molar-refractivity contribution in [2.45, 2.75) is 37.4 Å². The Morgan fingerprint density at radius 3 is 1.75 bits per heavy atom. The average Bonchev–Trinajstić information content (AvgIpc) is 2.31. The first-order chi connectivity index (χ1) is 7.85. The van der Waals surface area contributed by atoms with E-state index in [0.29, 0.717) is 0 Å². The Labute approximate surface area is 111 Å². The van der Waals surface area contributed by atoms with Crippen LogP contribution >= 0.6 is 0 Å². The molecule has 98 valence electrons. The Kier molecular flexibility index (Phi) is 14.1. The van der Waals surface area contributed by atoms with Gasteiger partial charge >= 0.3 is 0 Å². The van der Waals surface area contributed by atoms with Crippen LogP contribution in [0.1, 0.15) is 19.3 Å². The van der Waals surface area contributed by atoms with Crippen LogP contribution in [-0.2, 0) is 0 Å². The van der Waals surface area contributed by atoms with Crippen LogP contribution in [0.3, 0.4) is 0 Å². The highest BCUT2D eigenvalue weighted by molar-refractivity contribution is 6.08. The van der Waals surface area contributed by atoms with E-state index in [1.807, 2.05) is 0 Å². The van der Waals surface area contributed by atoms with Gasteiger partial charge in [0.1, 0.15) is 0 Å². The molecular weight excluding hydrogens is 244 g/mol. The maximum atomic E-state index is 3.57. The summed E-state index contributed by atoms with van der Waals surface area (Å²) in [6.07, 6.45) is 4.23. The summed E-state index contributed by atoms with van der Waals surface area (Å²) in [5, 5.41) is 3.57. The van der Waals surface area contributed by atoms with Crippen LogP contribution in [0.25, 0.3) is 0 Å². The van der Waals surface area contributed by atoms with Crippen molar-refractivity contribution in [3.05, 3.63) is 0 Å². The maximum absolute atomic E-state index is 3.57. The number of rotatable bonds is 12. The molecule has 1 N–H and O–H groups in total. The second-order valence-corrected chi connectivity index (χ2v) is 7.65. The predicted molar refractivity (Wildman–Crippen MR) is 87.4 cm³/mol. The summed E-state index contributed by atoms with van der Waals surface area (Å²) in [7, 11) is 4.11. The van der Waals surface area contributed by atoms with Gasteiger partial charge in [0, 0.05) is 43.8 Å². The maximum Gasteiger partial charge on any atom is 0.0107 e. The Bertz CT molecular complexity index is 128. The molecule has 0 aromatic carbocycles. The Morgan fingerprint density at radius 2 is 1.25 bits per heavy atom. The van der Waals surface area contributed by atoms with E-state index in [1.165, 1.54) is 101 Å². The molecule has 0 spiro atoms. The first-order valence-electron chi connectivity index (χ1n) is 7.28. The molecule has 0 radical (unpaired) electrons. The minimum atomic E-state index is 1.20. The normalized spacial score (nSPS) is 11.8. The van der Waals surface area contributed by atoms with Crippen LogP contribution in [0.5, 0.6) is 0 Å². The summed E-state index contributed by atoms with van der Waals surface area (Å²) < 4.78 is 0. The van der Waals surface area contributed by atoms with Crippen LogP contribution in [-0.4, -0.2) is 68.4 Å². The zero-order chi connectivity index (χ0) is 12.1. The summed E-state index contributed by atoms with van der Waals surface area (Å²) in [5.74, 6) is 0. The van der Waals surface area contributed by atoms with Crippen molar-refractivity contribution < 1.29 is 0 Å². The molecule has 0 aromatic rings. The van der Waals surface area contributed by atoms with Gasteiger partial charge in [-0.25, -0.2) is 0 Å². The number of hydrogen-bond donors (Lipinski definition) is 1.